The molecule has 0 aromatic rings. The molecule has 19 heavy (non-hydrogen) atoms. The van der Waals surface area contributed by atoms with Crippen molar-refractivity contribution in [3.05, 3.63) is 0 Å². The normalized spacial score (nSPS) is 18.3. The molecule has 1 aliphatic rings. The van der Waals surface area contributed by atoms with Crippen molar-refractivity contribution in [3.8, 4) is 6.07 Å². The molecule has 1 saturated carbocycles. The van der Waals surface area contributed by atoms with E-state index in [1.807, 2.05) is 6.92 Å². The van der Waals surface area contributed by atoms with Crippen LogP contribution in [0.5, 0.6) is 0 Å². The Morgan fingerprint density at radius 3 is 2.53 bits per heavy atom. The smallest absolute Gasteiger partial charge is 0.104 e. The van der Waals surface area contributed by atoms with Gasteiger partial charge in [0, 0.05) is 19.3 Å². The standard InChI is InChI=1S/C16H30N2O/c1-14(2)7-6-12-19-11-5-4-10-16(3,13-17)18-15-8-9-15/h14-15,18H,4-12H2,1-3H3. The van der Waals surface area contributed by atoms with E-state index in [-0.39, 0.29) is 5.54 Å². The Kier molecular flexibility index (Phi) is 7.41. The van der Waals surface area contributed by atoms with Crippen molar-refractivity contribution < 1.29 is 4.74 Å². The first kappa shape index (κ1) is 16.5. The summed E-state index contributed by atoms with van der Waals surface area (Å²) in [5.74, 6) is 0.772. The monoisotopic (exact) mass is 266 g/mol. The highest BCUT2D eigenvalue weighted by molar-refractivity contribution is 5.06. The summed E-state index contributed by atoms with van der Waals surface area (Å²) in [6.07, 6.45) is 7.93. The number of nitriles is 1. The summed E-state index contributed by atoms with van der Waals surface area (Å²) in [7, 11) is 0. The van der Waals surface area contributed by atoms with Gasteiger partial charge in [0.15, 0.2) is 0 Å². The topological polar surface area (TPSA) is 45.0 Å². The van der Waals surface area contributed by atoms with E-state index in [2.05, 4.69) is 25.2 Å². The summed E-state index contributed by atoms with van der Waals surface area (Å²) in [4.78, 5) is 0. The average Bonchev–Trinajstić information content (AvgIpc) is 3.16. The molecule has 0 spiro atoms. The average molecular weight is 266 g/mol. The van der Waals surface area contributed by atoms with E-state index in [1.165, 1.54) is 19.3 Å². The number of hydrogen-bond donors (Lipinski definition) is 1. The van der Waals surface area contributed by atoms with Crippen LogP contribution in [0.3, 0.4) is 0 Å². The van der Waals surface area contributed by atoms with Crippen LogP contribution in [0, 0.1) is 17.2 Å². The molecule has 0 bridgehead atoms. The minimum Gasteiger partial charge on any atom is -0.381 e. The van der Waals surface area contributed by atoms with E-state index in [0.29, 0.717) is 6.04 Å². The Morgan fingerprint density at radius 1 is 1.26 bits per heavy atom. The molecule has 0 aliphatic heterocycles. The van der Waals surface area contributed by atoms with Crippen molar-refractivity contribution in [1.82, 2.24) is 5.32 Å². The zero-order valence-corrected chi connectivity index (χ0v) is 12.9. The Hall–Kier alpha value is -0.590. The molecule has 110 valence electrons. The van der Waals surface area contributed by atoms with E-state index >= 15 is 0 Å². The third-order valence-electron chi connectivity index (χ3n) is 3.63. The van der Waals surface area contributed by atoms with Crippen molar-refractivity contribution in [2.75, 3.05) is 13.2 Å². The van der Waals surface area contributed by atoms with Gasteiger partial charge in [0.05, 0.1) is 6.07 Å². The van der Waals surface area contributed by atoms with Crippen molar-refractivity contribution >= 4 is 0 Å². The molecular weight excluding hydrogens is 236 g/mol. The molecule has 3 heteroatoms. The molecular formula is C16H30N2O. The molecule has 0 aromatic heterocycles. The second-order valence-electron chi connectivity index (χ2n) is 6.47. The van der Waals surface area contributed by atoms with Crippen molar-refractivity contribution in [2.24, 2.45) is 5.92 Å². The van der Waals surface area contributed by atoms with Crippen LogP contribution >= 0.6 is 0 Å². The van der Waals surface area contributed by atoms with Gasteiger partial charge in [-0.15, -0.1) is 0 Å². The van der Waals surface area contributed by atoms with Gasteiger partial charge in [-0.25, -0.2) is 0 Å². The van der Waals surface area contributed by atoms with Gasteiger partial charge in [-0.2, -0.15) is 5.26 Å². The summed E-state index contributed by atoms with van der Waals surface area (Å²) >= 11 is 0. The minimum absolute atomic E-state index is 0.335. The van der Waals surface area contributed by atoms with Gasteiger partial charge in [-0.3, -0.25) is 5.32 Å². The largest absolute Gasteiger partial charge is 0.381 e. The second-order valence-corrected chi connectivity index (χ2v) is 6.47. The summed E-state index contributed by atoms with van der Waals surface area (Å²) in [6.45, 7) is 8.23. The van der Waals surface area contributed by atoms with Crippen LogP contribution in [0.1, 0.15) is 65.7 Å². The number of nitrogens with one attached hydrogen (secondary N) is 1. The van der Waals surface area contributed by atoms with Crippen molar-refractivity contribution in [3.63, 3.8) is 0 Å². The Bertz CT molecular complexity index is 281. The Morgan fingerprint density at radius 2 is 1.95 bits per heavy atom. The lowest BCUT2D eigenvalue weighted by Gasteiger charge is -2.23. The van der Waals surface area contributed by atoms with Crippen LogP contribution in [0.15, 0.2) is 0 Å². The maximum absolute atomic E-state index is 9.24. The van der Waals surface area contributed by atoms with Crippen LogP contribution in [-0.2, 0) is 4.74 Å². The maximum Gasteiger partial charge on any atom is 0.104 e. The van der Waals surface area contributed by atoms with Gasteiger partial charge < -0.3 is 4.74 Å². The molecule has 1 N–H and O–H groups in total. The van der Waals surface area contributed by atoms with Gasteiger partial charge in [0.2, 0.25) is 0 Å². The summed E-state index contributed by atoms with van der Waals surface area (Å²) < 4.78 is 5.62. The lowest BCUT2D eigenvalue weighted by atomic mass is 9.96. The summed E-state index contributed by atoms with van der Waals surface area (Å²) in [6, 6.07) is 3.02. The van der Waals surface area contributed by atoms with Crippen molar-refractivity contribution in [1.29, 1.82) is 5.26 Å². The fourth-order valence-electron chi connectivity index (χ4n) is 2.22. The van der Waals surface area contributed by atoms with Gasteiger partial charge in [-0.1, -0.05) is 13.8 Å². The highest BCUT2D eigenvalue weighted by Crippen LogP contribution is 2.24. The highest BCUT2D eigenvalue weighted by atomic mass is 16.5. The second kappa shape index (κ2) is 8.55. The molecule has 0 amide bonds. The Balaban J connectivity index is 1.95. The maximum atomic E-state index is 9.24. The molecule has 1 unspecified atom stereocenters. The fraction of sp³-hybridized carbons (Fsp3) is 0.938. The molecule has 1 rings (SSSR count). The van der Waals surface area contributed by atoms with Crippen LogP contribution in [0.25, 0.3) is 0 Å². The van der Waals surface area contributed by atoms with E-state index < -0.39 is 0 Å². The van der Waals surface area contributed by atoms with E-state index in [1.54, 1.807) is 0 Å². The quantitative estimate of drug-likeness (QED) is 0.581. The third kappa shape index (κ3) is 8.23. The molecule has 0 heterocycles. The first-order chi connectivity index (χ1) is 9.06. The predicted octanol–water partition coefficient (Wildman–Crippen LogP) is 3.64. The zero-order chi connectivity index (χ0) is 14.1. The highest BCUT2D eigenvalue weighted by Gasteiger charge is 2.31. The van der Waals surface area contributed by atoms with Gasteiger partial charge in [0.1, 0.15) is 5.54 Å². The SMILES string of the molecule is CC(C)CCCOCCCCC(C)(C#N)NC1CC1. The summed E-state index contributed by atoms with van der Waals surface area (Å²) in [5, 5.41) is 12.7. The third-order valence-corrected chi connectivity index (χ3v) is 3.63. The summed E-state index contributed by atoms with van der Waals surface area (Å²) in [5.41, 5.74) is -0.335. The lowest BCUT2D eigenvalue weighted by Crippen LogP contribution is -2.42. The number of nitrogens with zero attached hydrogens (tertiary/aromatic N) is 1. The fourth-order valence-corrected chi connectivity index (χ4v) is 2.22. The lowest BCUT2D eigenvalue weighted by molar-refractivity contribution is 0.122. The molecule has 3 nitrogen and oxygen atoms in total. The van der Waals surface area contributed by atoms with Gasteiger partial charge >= 0.3 is 0 Å². The number of rotatable bonds is 11. The Labute approximate surface area is 118 Å². The van der Waals surface area contributed by atoms with E-state index in [0.717, 1.165) is 44.8 Å². The molecule has 1 aliphatic carbocycles. The van der Waals surface area contributed by atoms with Crippen molar-refractivity contribution in [2.45, 2.75) is 77.3 Å². The zero-order valence-electron chi connectivity index (χ0n) is 12.9. The molecule has 0 radical (unpaired) electrons. The van der Waals surface area contributed by atoms with Gasteiger partial charge in [0.25, 0.3) is 0 Å². The van der Waals surface area contributed by atoms with E-state index in [4.69, 9.17) is 4.74 Å². The molecule has 0 aromatic carbocycles. The molecule has 1 atom stereocenters. The number of hydrogen-bond acceptors (Lipinski definition) is 3. The van der Waals surface area contributed by atoms with Crippen LogP contribution < -0.4 is 5.32 Å². The number of unbranched alkanes of at least 4 members (excludes halogenated alkanes) is 1. The first-order valence-corrected chi connectivity index (χ1v) is 7.82. The number of ether oxygens (including phenoxy) is 1. The molecule has 0 saturated heterocycles. The minimum atomic E-state index is -0.335. The van der Waals surface area contributed by atoms with Gasteiger partial charge in [-0.05, 0) is 57.8 Å². The molecule has 1 fully saturated rings. The van der Waals surface area contributed by atoms with Crippen LogP contribution in [-0.4, -0.2) is 24.8 Å². The van der Waals surface area contributed by atoms with Crippen LogP contribution in [0.2, 0.25) is 0 Å². The predicted molar refractivity (Wildman–Crippen MR) is 78.9 cm³/mol. The van der Waals surface area contributed by atoms with E-state index in [9.17, 15) is 5.26 Å². The van der Waals surface area contributed by atoms with Crippen LogP contribution in [0.4, 0.5) is 0 Å². The first-order valence-electron chi connectivity index (χ1n) is 7.82.